The van der Waals surface area contributed by atoms with Crippen molar-refractivity contribution in [2.24, 2.45) is 4.99 Å². The summed E-state index contributed by atoms with van der Waals surface area (Å²) >= 11 is 3.18. The highest BCUT2D eigenvalue weighted by Crippen LogP contribution is 2.28. The highest BCUT2D eigenvalue weighted by Gasteiger charge is 2.08. The van der Waals surface area contributed by atoms with E-state index >= 15 is 0 Å². The van der Waals surface area contributed by atoms with E-state index in [9.17, 15) is 0 Å². The van der Waals surface area contributed by atoms with E-state index < -0.39 is 0 Å². The molecule has 0 saturated heterocycles. The Morgan fingerprint density at radius 3 is 2.69 bits per heavy atom. The molecule has 0 atom stereocenters. The third kappa shape index (κ3) is 2.24. The third-order valence-electron chi connectivity index (χ3n) is 1.45. The summed E-state index contributed by atoms with van der Waals surface area (Å²) in [5, 5.41) is 0. The van der Waals surface area contributed by atoms with Crippen molar-refractivity contribution in [3.05, 3.63) is 10.4 Å². The molecule has 0 aliphatic carbocycles. The predicted octanol–water partition coefficient (Wildman–Crippen LogP) is 2.28. The van der Waals surface area contributed by atoms with Gasteiger partial charge in [0, 0.05) is 6.21 Å². The molecule has 0 radical (unpaired) electrons. The summed E-state index contributed by atoms with van der Waals surface area (Å²) in [6, 6.07) is 0. The van der Waals surface area contributed by atoms with Gasteiger partial charge in [0.25, 0.3) is 0 Å². The maximum absolute atomic E-state index is 5.06. The fourth-order valence-corrected chi connectivity index (χ4v) is 1.35. The lowest BCUT2D eigenvalue weighted by Crippen LogP contribution is -1.94. The lowest BCUT2D eigenvalue weighted by Gasteiger charge is -2.05. The van der Waals surface area contributed by atoms with Gasteiger partial charge >= 0.3 is 0 Å². The second kappa shape index (κ2) is 4.32. The number of rotatable bonds is 2. The number of halogens is 1. The average molecular weight is 244 g/mol. The molecule has 1 aromatic rings. The lowest BCUT2D eigenvalue weighted by molar-refractivity contribution is 0.397. The zero-order valence-corrected chi connectivity index (χ0v) is 9.29. The molecule has 0 fully saturated rings. The van der Waals surface area contributed by atoms with E-state index in [1.54, 1.807) is 13.3 Å². The smallest absolute Gasteiger partial charge is 0.244 e. The van der Waals surface area contributed by atoms with Gasteiger partial charge in [0.15, 0.2) is 4.73 Å². The molecule has 1 rings (SSSR count). The summed E-state index contributed by atoms with van der Waals surface area (Å²) in [5.41, 5.74) is 1.46. The Morgan fingerprint density at radius 2 is 2.15 bits per heavy atom. The summed E-state index contributed by atoms with van der Waals surface area (Å²) in [6.07, 6.45) is 1.68. The van der Waals surface area contributed by atoms with Gasteiger partial charge in [-0.3, -0.25) is 4.99 Å². The quantitative estimate of drug-likeness (QED) is 0.592. The van der Waals surface area contributed by atoms with Gasteiger partial charge in [-0.05, 0) is 29.8 Å². The molecule has 5 heteroatoms. The van der Waals surface area contributed by atoms with E-state index in [1.807, 2.05) is 13.8 Å². The molecule has 0 bridgehead atoms. The van der Waals surface area contributed by atoms with Crippen LogP contribution in [0.15, 0.2) is 9.73 Å². The van der Waals surface area contributed by atoms with Gasteiger partial charge in [-0.15, -0.1) is 0 Å². The number of methoxy groups -OCH3 is 1. The number of aryl methyl sites for hydroxylation is 1. The van der Waals surface area contributed by atoms with Gasteiger partial charge < -0.3 is 4.74 Å². The second-order valence-corrected chi connectivity index (χ2v) is 3.03. The van der Waals surface area contributed by atoms with Gasteiger partial charge in [0.1, 0.15) is 5.69 Å². The van der Waals surface area contributed by atoms with Crippen molar-refractivity contribution >= 4 is 27.8 Å². The molecule has 0 aromatic carbocycles. The van der Waals surface area contributed by atoms with Crippen molar-refractivity contribution in [3.8, 4) is 5.88 Å². The first-order valence-corrected chi connectivity index (χ1v) is 4.55. The highest BCUT2D eigenvalue weighted by molar-refractivity contribution is 9.10. The first-order valence-electron chi connectivity index (χ1n) is 3.75. The molecule has 0 unspecified atom stereocenters. The van der Waals surface area contributed by atoms with E-state index in [2.05, 4.69) is 30.9 Å². The standard InChI is InChI=1S/C8H10BrN3O/c1-4-10-6-5(2)11-8(9)12-7(6)13-3/h4H,1-3H3/b10-4-. The monoisotopic (exact) mass is 243 g/mol. The van der Waals surface area contributed by atoms with Crippen molar-refractivity contribution in [2.45, 2.75) is 13.8 Å². The van der Waals surface area contributed by atoms with E-state index in [0.717, 1.165) is 5.69 Å². The van der Waals surface area contributed by atoms with Crippen LogP contribution < -0.4 is 4.74 Å². The van der Waals surface area contributed by atoms with Crippen LogP contribution >= 0.6 is 15.9 Å². The van der Waals surface area contributed by atoms with E-state index in [0.29, 0.717) is 16.3 Å². The lowest BCUT2D eigenvalue weighted by atomic mass is 10.4. The van der Waals surface area contributed by atoms with Gasteiger partial charge in [0.05, 0.1) is 12.8 Å². The zero-order valence-electron chi connectivity index (χ0n) is 7.71. The molecule has 0 aliphatic heterocycles. The first-order chi connectivity index (χ1) is 6.19. The molecule has 0 aliphatic rings. The molecule has 13 heavy (non-hydrogen) atoms. The third-order valence-corrected chi connectivity index (χ3v) is 1.81. The van der Waals surface area contributed by atoms with Crippen molar-refractivity contribution in [3.63, 3.8) is 0 Å². The molecule has 0 saturated carbocycles. The minimum atomic E-state index is 0.484. The zero-order chi connectivity index (χ0) is 9.84. The maximum atomic E-state index is 5.06. The SMILES string of the molecule is C/C=N\c1c(C)nc(Br)nc1OC. The fourth-order valence-electron chi connectivity index (χ4n) is 0.928. The van der Waals surface area contributed by atoms with Crippen molar-refractivity contribution < 1.29 is 4.74 Å². The normalized spacial score (nSPS) is 10.8. The summed E-state index contributed by atoms with van der Waals surface area (Å²) in [7, 11) is 1.56. The van der Waals surface area contributed by atoms with Crippen LogP contribution in [0.3, 0.4) is 0 Å². The van der Waals surface area contributed by atoms with Crippen LogP contribution in [-0.4, -0.2) is 23.3 Å². The molecular weight excluding hydrogens is 234 g/mol. The number of nitrogens with zero attached hydrogens (tertiary/aromatic N) is 3. The van der Waals surface area contributed by atoms with Crippen molar-refractivity contribution in [2.75, 3.05) is 7.11 Å². The molecule has 0 amide bonds. The Morgan fingerprint density at radius 1 is 1.46 bits per heavy atom. The second-order valence-electron chi connectivity index (χ2n) is 2.32. The number of hydrogen-bond donors (Lipinski definition) is 0. The van der Waals surface area contributed by atoms with Crippen molar-refractivity contribution in [1.82, 2.24) is 9.97 Å². The Labute approximate surface area is 85.2 Å². The van der Waals surface area contributed by atoms with Gasteiger partial charge in [-0.1, -0.05) is 0 Å². The number of aliphatic imine (C=N–C) groups is 1. The van der Waals surface area contributed by atoms with Crippen LogP contribution in [0.25, 0.3) is 0 Å². The summed E-state index contributed by atoms with van der Waals surface area (Å²) < 4.78 is 5.58. The molecule has 1 aromatic heterocycles. The van der Waals surface area contributed by atoms with Crippen LogP contribution in [0.4, 0.5) is 5.69 Å². The van der Waals surface area contributed by atoms with Crippen molar-refractivity contribution in [1.29, 1.82) is 0 Å². The largest absolute Gasteiger partial charge is 0.479 e. The number of ether oxygens (including phenoxy) is 1. The molecular formula is C8H10BrN3O. The van der Waals surface area contributed by atoms with E-state index in [1.165, 1.54) is 0 Å². The highest BCUT2D eigenvalue weighted by atomic mass is 79.9. The van der Waals surface area contributed by atoms with E-state index in [-0.39, 0.29) is 0 Å². The summed E-state index contributed by atoms with van der Waals surface area (Å²) in [4.78, 5) is 12.3. The molecule has 4 nitrogen and oxygen atoms in total. The van der Waals surface area contributed by atoms with Gasteiger partial charge in [-0.25, -0.2) is 4.98 Å². The van der Waals surface area contributed by atoms with Gasteiger partial charge in [0.2, 0.25) is 5.88 Å². The molecule has 70 valence electrons. The molecule has 0 spiro atoms. The van der Waals surface area contributed by atoms with Crippen LogP contribution in [0.5, 0.6) is 5.88 Å². The minimum absolute atomic E-state index is 0.484. The summed E-state index contributed by atoms with van der Waals surface area (Å²) in [6.45, 7) is 3.69. The minimum Gasteiger partial charge on any atom is -0.479 e. The predicted molar refractivity (Wildman–Crippen MR) is 54.8 cm³/mol. The Kier molecular flexibility index (Phi) is 3.36. The number of hydrogen-bond acceptors (Lipinski definition) is 4. The van der Waals surface area contributed by atoms with Crippen LogP contribution in [0.1, 0.15) is 12.6 Å². The van der Waals surface area contributed by atoms with Crippen LogP contribution in [-0.2, 0) is 0 Å². The molecule has 1 heterocycles. The fraction of sp³-hybridized carbons (Fsp3) is 0.375. The molecule has 0 N–H and O–H groups in total. The Balaban J connectivity index is 3.29. The maximum Gasteiger partial charge on any atom is 0.244 e. The number of aromatic nitrogens is 2. The van der Waals surface area contributed by atoms with Crippen LogP contribution in [0.2, 0.25) is 0 Å². The topological polar surface area (TPSA) is 47.4 Å². The summed E-state index contributed by atoms with van der Waals surface area (Å²) in [5.74, 6) is 0.484. The Hall–Kier alpha value is -0.970. The van der Waals surface area contributed by atoms with E-state index in [4.69, 9.17) is 4.74 Å². The van der Waals surface area contributed by atoms with Crippen LogP contribution in [0, 0.1) is 6.92 Å². The first kappa shape index (κ1) is 10.1. The van der Waals surface area contributed by atoms with Gasteiger partial charge in [-0.2, -0.15) is 4.98 Å². The average Bonchev–Trinajstić information content (AvgIpc) is 2.09. The Bertz CT molecular complexity index is 338.